The van der Waals surface area contributed by atoms with Gasteiger partial charge in [-0.15, -0.1) is 0 Å². The van der Waals surface area contributed by atoms with Crippen LogP contribution in [0.3, 0.4) is 0 Å². The molecule has 0 saturated carbocycles. The van der Waals surface area contributed by atoms with Gasteiger partial charge in [0.05, 0.1) is 22.6 Å². The fraction of sp³-hybridized carbons (Fsp3) is 0.167. The molecule has 1 heterocycles. The Hall–Kier alpha value is -1.85. The second kappa shape index (κ2) is 5.20. The smallest absolute Gasteiger partial charge is 0.337 e. The number of carbonyl (C=O) groups is 1. The molecule has 2 N–H and O–H groups in total. The summed E-state index contributed by atoms with van der Waals surface area (Å²) < 4.78 is 1.72. The highest BCUT2D eigenvalue weighted by Gasteiger charge is 2.09. The van der Waals surface area contributed by atoms with Gasteiger partial charge < -0.3 is 14.8 Å². The van der Waals surface area contributed by atoms with Gasteiger partial charge in [0.2, 0.25) is 0 Å². The number of aromatic carboxylic acids is 1. The van der Waals surface area contributed by atoms with E-state index in [0.29, 0.717) is 6.42 Å². The fourth-order valence-corrected chi connectivity index (χ4v) is 1.84. The lowest BCUT2D eigenvalue weighted by atomic mass is 10.2. The van der Waals surface area contributed by atoms with Crippen molar-refractivity contribution in [1.82, 2.24) is 9.55 Å². The number of hydrogen-bond acceptors (Lipinski definition) is 3. The molecule has 94 valence electrons. The van der Waals surface area contributed by atoms with Crippen LogP contribution in [0, 0.1) is 0 Å². The number of aliphatic hydroxyl groups excluding tert-OH is 1. The van der Waals surface area contributed by atoms with E-state index in [2.05, 4.69) is 4.98 Å². The number of carboxylic acid groups (broad SMARTS) is 1. The van der Waals surface area contributed by atoms with E-state index in [9.17, 15) is 4.79 Å². The number of benzene rings is 1. The number of halogens is 1. The summed E-state index contributed by atoms with van der Waals surface area (Å²) in [6, 6.07) is 4.67. The molecule has 5 nitrogen and oxygen atoms in total. The Morgan fingerprint density at radius 2 is 2.22 bits per heavy atom. The first-order valence-electron chi connectivity index (χ1n) is 5.29. The van der Waals surface area contributed by atoms with Gasteiger partial charge in [-0.25, -0.2) is 9.78 Å². The van der Waals surface area contributed by atoms with Crippen molar-refractivity contribution in [2.45, 2.75) is 6.42 Å². The average molecular weight is 267 g/mol. The van der Waals surface area contributed by atoms with Crippen LogP contribution in [0.4, 0.5) is 0 Å². The molecule has 18 heavy (non-hydrogen) atoms. The van der Waals surface area contributed by atoms with Crippen molar-refractivity contribution >= 4 is 17.6 Å². The topological polar surface area (TPSA) is 75.3 Å². The molecule has 0 saturated heterocycles. The molecule has 0 amide bonds. The van der Waals surface area contributed by atoms with Crippen LogP contribution in [0.15, 0.2) is 30.7 Å². The third-order valence-corrected chi connectivity index (χ3v) is 2.80. The number of hydrogen-bond donors (Lipinski definition) is 2. The molecule has 0 aliphatic heterocycles. The Kier molecular flexibility index (Phi) is 3.64. The monoisotopic (exact) mass is 266 g/mol. The summed E-state index contributed by atoms with van der Waals surface area (Å²) >= 11 is 5.89. The lowest BCUT2D eigenvalue weighted by Gasteiger charge is -2.04. The van der Waals surface area contributed by atoms with Crippen LogP contribution in [0.2, 0.25) is 5.02 Å². The van der Waals surface area contributed by atoms with Crippen LogP contribution in [0.25, 0.3) is 5.69 Å². The van der Waals surface area contributed by atoms with Gasteiger partial charge in [-0.1, -0.05) is 11.6 Å². The molecule has 0 aliphatic rings. The summed E-state index contributed by atoms with van der Waals surface area (Å²) in [4.78, 5) is 14.9. The van der Waals surface area contributed by atoms with Gasteiger partial charge >= 0.3 is 5.97 Å². The summed E-state index contributed by atoms with van der Waals surface area (Å²) in [6.07, 6.45) is 3.84. The molecular formula is C12H11ClN2O3. The highest BCUT2D eigenvalue weighted by atomic mass is 35.5. The SMILES string of the molecule is O=C(O)c1ccc(-n2cnc(CCO)c2)cc1Cl. The Bertz CT molecular complexity index is 580. The Morgan fingerprint density at radius 3 is 2.83 bits per heavy atom. The van der Waals surface area contributed by atoms with Gasteiger partial charge in [0, 0.05) is 24.9 Å². The first-order valence-corrected chi connectivity index (χ1v) is 5.66. The molecule has 0 spiro atoms. The minimum absolute atomic E-state index is 0.0374. The first-order chi connectivity index (χ1) is 8.61. The predicted octanol–water partition coefficient (Wildman–Crippen LogP) is 1.76. The number of carboxylic acids is 1. The zero-order valence-electron chi connectivity index (χ0n) is 9.38. The van der Waals surface area contributed by atoms with E-state index >= 15 is 0 Å². The second-order valence-electron chi connectivity index (χ2n) is 3.72. The van der Waals surface area contributed by atoms with E-state index < -0.39 is 5.97 Å². The van der Waals surface area contributed by atoms with E-state index in [0.717, 1.165) is 11.4 Å². The van der Waals surface area contributed by atoms with Gasteiger partial charge in [0.15, 0.2) is 0 Å². The normalized spacial score (nSPS) is 10.6. The Balaban J connectivity index is 2.33. The third-order valence-electron chi connectivity index (χ3n) is 2.49. The highest BCUT2D eigenvalue weighted by Crippen LogP contribution is 2.20. The highest BCUT2D eigenvalue weighted by molar-refractivity contribution is 6.33. The minimum Gasteiger partial charge on any atom is -0.478 e. The van der Waals surface area contributed by atoms with Crippen molar-refractivity contribution in [3.05, 3.63) is 47.0 Å². The minimum atomic E-state index is -1.06. The van der Waals surface area contributed by atoms with Crippen molar-refractivity contribution in [1.29, 1.82) is 0 Å². The quantitative estimate of drug-likeness (QED) is 0.884. The standard InChI is InChI=1S/C12H11ClN2O3/c13-11-5-9(1-2-10(11)12(17)18)15-6-8(3-4-16)14-7-15/h1-2,5-7,16H,3-4H2,(H,17,18). The van der Waals surface area contributed by atoms with Gasteiger partial charge in [0.25, 0.3) is 0 Å². The van der Waals surface area contributed by atoms with E-state index in [1.54, 1.807) is 29.2 Å². The number of aliphatic hydroxyl groups is 1. The zero-order chi connectivity index (χ0) is 13.1. The average Bonchev–Trinajstić information content (AvgIpc) is 2.77. The summed E-state index contributed by atoms with van der Waals surface area (Å²) in [5.41, 5.74) is 1.55. The predicted molar refractivity (Wildman–Crippen MR) is 66.3 cm³/mol. The van der Waals surface area contributed by atoms with E-state index in [1.807, 2.05) is 0 Å². The molecule has 6 heteroatoms. The maximum absolute atomic E-state index is 10.8. The zero-order valence-corrected chi connectivity index (χ0v) is 10.1. The van der Waals surface area contributed by atoms with Crippen LogP contribution in [-0.4, -0.2) is 32.3 Å². The van der Waals surface area contributed by atoms with Crippen LogP contribution in [-0.2, 0) is 6.42 Å². The summed E-state index contributed by atoms with van der Waals surface area (Å²) in [5, 5.41) is 17.9. The van der Waals surface area contributed by atoms with Crippen molar-refractivity contribution in [3.63, 3.8) is 0 Å². The Morgan fingerprint density at radius 1 is 1.44 bits per heavy atom. The number of nitrogens with zero attached hydrogens (tertiary/aromatic N) is 2. The lowest BCUT2D eigenvalue weighted by molar-refractivity contribution is 0.0697. The van der Waals surface area contributed by atoms with Gasteiger partial charge in [-0.05, 0) is 18.2 Å². The number of imidazole rings is 1. The van der Waals surface area contributed by atoms with Crippen molar-refractivity contribution in [3.8, 4) is 5.69 Å². The molecule has 2 rings (SSSR count). The lowest BCUT2D eigenvalue weighted by Crippen LogP contribution is -1.99. The maximum atomic E-state index is 10.8. The molecule has 1 aromatic carbocycles. The van der Waals surface area contributed by atoms with Crippen molar-refractivity contribution in [2.75, 3.05) is 6.61 Å². The molecule has 0 radical (unpaired) electrons. The summed E-state index contributed by atoms with van der Waals surface area (Å²) in [5.74, 6) is -1.06. The van der Waals surface area contributed by atoms with Crippen LogP contribution in [0.5, 0.6) is 0 Å². The third kappa shape index (κ3) is 2.52. The van der Waals surface area contributed by atoms with Crippen molar-refractivity contribution in [2.24, 2.45) is 0 Å². The van der Waals surface area contributed by atoms with Gasteiger partial charge in [-0.3, -0.25) is 0 Å². The van der Waals surface area contributed by atoms with Crippen LogP contribution >= 0.6 is 11.6 Å². The molecule has 0 atom stereocenters. The molecular weight excluding hydrogens is 256 g/mol. The number of aromatic nitrogens is 2. The van der Waals surface area contributed by atoms with Crippen molar-refractivity contribution < 1.29 is 15.0 Å². The molecule has 2 aromatic rings. The molecule has 1 aromatic heterocycles. The molecule has 0 aliphatic carbocycles. The molecule has 0 bridgehead atoms. The summed E-state index contributed by atoms with van der Waals surface area (Å²) in [7, 11) is 0. The van der Waals surface area contributed by atoms with Crippen LogP contribution < -0.4 is 0 Å². The maximum Gasteiger partial charge on any atom is 0.337 e. The summed E-state index contributed by atoms with van der Waals surface area (Å²) in [6.45, 7) is 0.0374. The van der Waals surface area contributed by atoms with E-state index in [1.165, 1.54) is 6.07 Å². The van der Waals surface area contributed by atoms with Gasteiger partial charge in [0.1, 0.15) is 0 Å². The van der Waals surface area contributed by atoms with Gasteiger partial charge in [-0.2, -0.15) is 0 Å². The number of rotatable bonds is 4. The largest absolute Gasteiger partial charge is 0.478 e. The van der Waals surface area contributed by atoms with E-state index in [4.69, 9.17) is 21.8 Å². The molecule has 0 unspecified atom stereocenters. The fourth-order valence-electron chi connectivity index (χ4n) is 1.59. The second-order valence-corrected chi connectivity index (χ2v) is 4.12. The van der Waals surface area contributed by atoms with E-state index in [-0.39, 0.29) is 17.2 Å². The Labute approximate surface area is 108 Å². The van der Waals surface area contributed by atoms with Crippen LogP contribution in [0.1, 0.15) is 16.1 Å². The molecule has 0 fully saturated rings. The first kappa shape index (κ1) is 12.6.